The molecule has 5 nitrogen and oxygen atoms in total. The third-order valence-electron chi connectivity index (χ3n) is 9.48. The van der Waals surface area contributed by atoms with Crippen LogP contribution < -0.4 is 10.4 Å². The van der Waals surface area contributed by atoms with Crippen molar-refractivity contribution in [3.8, 4) is 5.69 Å². The molecule has 0 bridgehead atoms. The second-order valence-electron chi connectivity index (χ2n) is 12.8. The highest BCUT2D eigenvalue weighted by molar-refractivity contribution is 6.62. The van der Waals surface area contributed by atoms with Crippen molar-refractivity contribution in [1.82, 2.24) is 9.55 Å². The zero-order valence-corrected chi connectivity index (χ0v) is 25.9. The van der Waals surface area contributed by atoms with Gasteiger partial charge in [0.2, 0.25) is 0 Å². The summed E-state index contributed by atoms with van der Waals surface area (Å²) in [4.78, 5) is 6.69. The lowest BCUT2D eigenvalue weighted by molar-refractivity contribution is 0.00578. The van der Waals surface area contributed by atoms with Gasteiger partial charge in [0.05, 0.1) is 34.1 Å². The van der Waals surface area contributed by atoms with Gasteiger partial charge in [-0.1, -0.05) is 60.7 Å². The van der Waals surface area contributed by atoms with Gasteiger partial charge in [0.25, 0.3) is 0 Å². The smallest absolute Gasteiger partial charge is 0.399 e. The van der Waals surface area contributed by atoms with Crippen LogP contribution in [0.1, 0.15) is 27.7 Å². The fraction of sp³-hybridized carbons (Fsp3) is 0.154. The average Bonchev–Trinajstić information content (AvgIpc) is 3.50. The predicted molar refractivity (Wildman–Crippen MR) is 186 cm³/mol. The van der Waals surface area contributed by atoms with Gasteiger partial charge < -0.3 is 18.8 Å². The van der Waals surface area contributed by atoms with Crippen molar-refractivity contribution in [2.24, 2.45) is 0 Å². The normalized spacial score (nSPS) is 15.7. The number of para-hydroxylation sites is 1. The highest BCUT2D eigenvalue weighted by atomic mass is 16.7. The molecule has 0 spiro atoms. The molecule has 1 saturated heterocycles. The van der Waals surface area contributed by atoms with Crippen LogP contribution in [0.2, 0.25) is 0 Å². The minimum Gasteiger partial charge on any atom is -0.399 e. The van der Waals surface area contributed by atoms with Gasteiger partial charge in [0.1, 0.15) is 0 Å². The van der Waals surface area contributed by atoms with Gasteiger partial charge in [-0.05, 0) is 105 Å². The molecule has 0 radical (unpaired) electrons. The van der Waals surface area contributed by atoms with Crippen molar-refractivity contribution < 1.29 is 9.31 Å². The number of rotatable bonds is 5. The Morgan fingerprint density at radius 2 is 1.29 bits per heavy atom. The van der Waals surface area contributed by atoms with E-state index in [1.807, 2.05) is 18.5 Å². The van der Waals surface area contributed by atoms with E-state index in [0.29, 0.717) is 0 Å². The first-order chi connectivity index (χ1) is 21.8. The van der Waals surface area contributed by atoms with E-state index in [0.717, 1.165) is 39.2 Å². The molecule has 1 aliphatic heterocycles. The molecule has 1 aliphatic rings. The predicted octanol–water partition coefficient (Wildman–Crippen LogP) is 9.10. The second-order valence-corrected chi connectivity index (χ2v) is 12.8. The van der Waals surface area contributed by atoms with E-state index in [2.05, 4.69) is 157 Å². The quantitative estimate of drug-likeness (QED) is 0.188. The molecule has 0 saturated carbocycles. The summed E-state index contributed by atoms with van der Waals surface area (Å²) in [5, 5.41) is 4.82. The van der Waals surface area contributed by atoms with Gasteiger partial charge >= 0.3 is 7.12 Å². The summed E-state index contributed by atoms with van der Waals surface area (Å²) in [6, 6.07) is 43.1. The lowest BCUT2D eigenvalue weighted by Gasteiger charge is -2.32. The van der Waals surface area contributed by atoms with Crippen molar-refractivity contribution in [1.29, 1.82) is 0 Å². The second kappa shape index (κ2) is 10.3. The van der Waals surface area contributed by atoms with Gasteiger partial charge in [-0.25, -0.2) is 0 Å². The molecule has 0 aliphatic carbocycles. The van der Waals surface area contributed by atoms with Gasteiger partial charge in [-0.15, -0.1) is 0 Å². The van der Waals surface area contributed by atoms with Crippen LogP contribution in [-0.2, 0) is 9.31 Å². The van der Waals surface area contributed by atoms with Crippen LogP contribution in [0.15, 0.2) is 134 Å². The fourth-order valence-electron chi connectivity index (χ4n) is 6.39. The molecular weight excluding hydrogens is 553 g/mol. The maximum Gasteiger partial charge on any atom is 0.494 e. The molecule has 2 aromatic heterocycles. The first-order valence-corrected chi connectivity index (χ1v) is 15.5. The largest absolute Gasteiger partial charge is 0.494 e. The van der Waals surface area contributed by atoms with Gasteiger partial charge in [0, 0.05) is 34.0 Å². The molecule has 0 amide bonds. The molecule has 1 fully saturated rings. The Balaban J connectivity index is 1.24. The van der Waals surface area contributed by atoms with Crippen molar-refractivity contribution in [3.05, 3.63) is 134 Å². The Hall–Kier alpha value is -4.91. The molecule has 220 valence electrons. The summed E-state index contributed by atoms with van der Waals surface area (Å²) in [5.74, 6) is 0. The standard InChI is InChI=1S/C39H34BN3O2/c1-38(2)39(3,4)45-40(44-38)29-16-22-35-34-13-7-8-14-36(34)43(37(35)25-29)31-20-18-30(19-21-31)42(33-12-9-23-41-26-33)32-17-15-27-10-5-6-11-28(27)24-32/h5-26H,1-4H3. The number of fused-ring (bicyclic) bond motifs is 4. The van der Waals surface area contributed by atoms with E-state index in [9.17, 15) is 0 Å². The third kappa shape index (κ3) is 4.60. The Bertz CT molecular complexity index is 2170. The SMILES string of the molecule is CC1(C)OB(c2ccc3c4ccccc4n(-c4ccc(N(c5cccnc5)c5ccc6ccccc6c5)cc4)c3c2)OC1(C)C. The van der Waals surface area contributed by atoms with Crippen LogP contribution in [0.25, 0.3) is 38.3 Å². The van der Waals surface area contributed by atoms with Gasteiger partial charge in [-0.2, -0.15) is 0 Å². The maximum atomic E-state index is 6.43. The van der Waals surface area contributed by atoms with Crippen LogP contribution in [-0.4, -0.2) is 27.9 Å². The van der Waals surface area contributed by atoms with Crippen LogP contribution >= 0.6 is 0 Å². The topological polar surface area (TPSA) is 39.5 Å². The third-order valence-corrected chi connectivity index (χ3v) is 9.48. The summed E-state index contributed by atoms with van der Waals surface area (Å²) in [6.45, 7) is 8.38. The molecule has 6 heteroatoms. The minimum atomic E-state index is -0.428. The highest BCUT2D eigenvalue weighted by Gasteiger charge is 2.51. The van der Waals surface area contributed by atoms with E-state index in [1.54, 1.807) is 0 Å². The van der Waals surface area contributed by atoms with Crippen LogP contribution in [0.5, 0.6) is 0 Å². The van der Waals surface area contributed by atoms with Crippen molar-refractivity contribution >= 4 is 62.2 Å². The van der Waals surface area contributed by atoms with Crippen LogP contribution in [0, 0.1) is 0 Å². The monoisotopic (exact) mass is 587 g/mol. The molecule has 45 heavy (non-hydrogen) atoms. The number of hydrogen-bond acceptors (Lipinski definition) is 4. The van der Waals surface area contributed by atoms with Gasteiger partial charge in [-0.3, -0.25) is 4.98 Å². The summed E-state index contributed by atoms with van der Waals surface area (Å²) >= 11 is 0. The Morgan fingerprint density at radius 1 is 0.600 bits per heavy atom. The Labute approximate surface area is 263 Å². The maximum absolute atomic E-state index is 6.43. The number of aromatic nitrogens is 2. The zero-order valence-electron chi connectivity index (χ0n) is 25.9. The van der Waals surface area contributed by atoms with E-state index < -0.39 is 18.3 Å². The summed E-state index contributed by atoms with van der Waals surface area (Å²) in [6.07, 6.45) is 3.72. The number of benzene rings is 5. The fourth-order valence-corrected chi connectivity index (χ4v) is 6.39. The average molecular weight is 588 g/mol. The van der Waals surface area contributed by atoms with Crippen LogP contribution in [0.3, 0.4) is 0 Å². The van der Waals surface area contributed by atoms with Crippen LogP contribution in [0.4, 0.5) is 17.1 Å². The number of hydrogen-bond donors (Lipinski definition) is 0. The van der Waals surface area contributed by atoms with Crippen molar-refractivity contribution in [2.45, 2.75) is 38.9 Å². The number of anilines is 3. The lowest BCUT2D eigenvalue weighted by atomic mass is 9.79. The molecule has 5 aromatic carbocycles. The summed E-state index contributed by atoms with van der Waals surface area (Å²) in [5.41, 5.74) is 6.71. The Morgan fingerprint density at radius 3 is 2.04 bits per heavy atom. The van der Waals surface area contributed by atoms with Gasteiger partial charge in [0.15, 0.2) is 0 Å². The summed E-state index contributed by atoms with van der Waals surface area (Å²) < 4.78 is 15.2. The van der Waals surface area contributed by atoms with E-state index in [1.165, 1.54) is 21.5 Å². The summed E-state index contributed by atoms with van der Waals surface area (Å²) in [7, 11) is -0.428. The molecule has 3 heterocycles. The highest BCUT2D eigenvalue weighted by Crippen LogP contribution is 2.39. The lowest BCUT2D eigenvalue weighted by Crippen LogP contribution is -2.41. The molecule has 0 unspecified atom stereocenters. The van der Waals surface area contributed by atoms with E-state index in [-0.39, 0.29) is 0 Å². The molecule has 8 rings (SSSR count). The Kier molecular flexibility index (Phi) is 6.35. The first kappa shape index (κ1) is 27.6. The molecule has 7 aromatic rings. The molecular formula is C39H34BN3O2. The van der Waals surface area contributed by atoms with E-state index >= 15 is 0 Å². The van der Waals surface area contributed by atoms with Crippen molar-refractivity contribution in [2.75, 3.05) is 4.90 Å². The first-order valence-electron chi connectivity index (χ1n) is 15.5. The van der Waals surface area contributed by atoms with Crippen molar-refractivity contribution in [3.63, 3.8) is 0 Å². The molecule has 0 N–H and O–H groups in total. The number of nitrogens with zero attached hydrogens (tertiary/aromatic N) is 3. The number of pyridine rings is 1. The minimum absolute atomic E-state index is 0.402. The zero-order chi connectivity index (χ0) is 30.8. The van der Waals surface area contributed by atoms with E-state index in [4.69, 9.17) is 9.31 Å². The molecule has 0 atom stereocenters.